The third-order valence-corrected chi connectivity index (χ3v) is 6.82. The lowest BCUT2D eigenvalue weighted by Gasteiger charge is -2.30. The van der Waals surface area contributed by atoms with E-state index in [4.69, 9.17) is 16.2 Å². The van der Waals surface area contributed by atoms with E-state index in [0.29, 0.717) is 19.3 Å². The molecule has 8 nitrogen and oxygen atoms in total. The molecule has 1 fully saturated rings. The van der Waals surface area contributed by atoms with Gasteiger partial charge in [0, 0.05) is 18.3 Å². The molecule has 12 heteroatoms. The molecule has 0 saturated heterocycles. The number of carbonyl (C=O) groups is 3. The first-order chi connectivity index (χ1) is 17.2. The molecule has 0 bridgehead atoms. The summed E-state index contributed by atoms with van der Waals surface area (Å²) in [5.74, 6) is -3.39. The summed E-state index contributed by atoms with van der Waals surface area (Å²) in [4.78, 5) is 36.6. The molecular weight excluding hydrogens is 496 g/mol. The maximum Gasteiger partial charge on any atom is 0.418 e. The highest BCUT2D eigenvalue weighted by molar-refractivity contribution is 6.01. The Morgan fingerprint density at radius 2 is 1.92 bits per heavy atom. The number of anilines is 1. The van der Waals surface area contributed by atoms with E-state index in [-0.39, 0.29) is 36.5 Å². The lowest BCUT2D eigenvalue weighted by molar-refractivity contribution is -0.147. The van der Waals surface area contributed by atoms with Crippen molar-refractivity contribution in [1.29, 1.82) is 0 Å². The van der Waals surface area contributed by atoms with Crippen LogP contribution in [0.15, 0.2) is 18.3 Å². The number of ether oxygens (including phenoxy) is 1. The molecule has 0 unspecified atom stereocenters. The van der Waals surface area contributed by atoms with Gasteiger partial charge in [0.15, 0.2) is 5.78 Å². The number of hydrogen-bond acceptors (Lipinski definition) is 6. The SMILES string of the molecule is CC1(C)CC(=O)c2c(C(F)(F)F)cn(-c3cc(F)c(C(N)=O)c(N[C@H]4CCC[C@@H]4OC(=O)CN)c3)c2C1. The van der Waals surface area contributed by atoms with E-state index in [1.807, 2.05) is 0 Å². The Morgan fingerprint density at radius 3 is 2.54 bits per heavy atom. The van der Waals surface area contributed by atoms with Gasteiger partial charge in [-0.2, -0.15) is 13.2 Å². The normalized spacial score (nSPS) is 21.0. The second-order valence-corrected chi connectivity index (χ2v) is 10.3. The first-order valence-corrected chi connectivity index (χ1v) is 11.9. The molecule has 1 amide bonds. The number of Topliss-reactive ketones (excluding diaryl/α,β-unsaturated/α-hetero) is 1. The summed E-state index contributed by atoms with van der Waals surface area (Å²) in [6.07, 6.45) is -2.83. The zero-order valence-corrected chi connectivity index (χ0v) is 20.4. The Kier molecular flexibility index (Phi) is 6.82. The van der Waals surface area contributed by atoms with Crippen molar-refractivity contribution >= 4 is 23.3 Å². The Morgan fingerprint density at radius 1 is 1.22 bits per heavy atom. The zero-order valence-electron chi connectivity index (χ0n) is 20.4. The molecule has 0 spiro atoms. The summed E-state index contributed by atoms with van der Waals surface area (Å²) in [6.45, 7) is 3.21. The number of alkyl halides is 3. The van der Waals surface area contributed by atoms with Crippen LogP contribution in [0, 0.1) is 11.2 Å². The zero-order chi connectivity index (χ0) is 27.3. The topological polar surface area (TPSA) is 129 Å². The number of halogens is 4. The van der Waals surface area contributed by atoms with Crippen molar-refractivity contribution in [3.05, 3.63) is 46.5 Å². The van der Waals surface area contributed by atoms with Gasteiger partial charge in [0.2, 0.25) is 0 Å². The van der Waals surface area contributed by atoms with Crippen molar-refractivity contribution in [2.45, 2.75) is 64.3 Å². The van der Waals surface area contributed by atoms with Gasteiger partial charge in [-0.15, -0.1) is 0 Å². The third kappa shape index (κ3) is 5.20. The van der Waals surface area contributed by atoms with E-state index in [1.54, 1.807) is 13.8 Å². The smallest absolute Gasteiger partial charge is 0.418 e. The fourth-order valence-corrected chi connectivity index (χ4v) is 5.26. The Bertz CT molecular complexity index is 1270. The van der Waals surface area contributed by atoms with Gasteiger partial charge < -0.3 is 26.1 Å². The summed E-state index contributed by atoms with van der Waals surface area (Å²) in [6, 6.07) is 1.72. The van der Waals surface area contributed by atoms with E-state index in [2.05, 4.69) is 5.32 Å². The molecule has 2 aliphatic rings. The number of rotatable bonds is 6. The number of aromatic nitrogens is 1. The molecule has 37 heavy (non-hydrogen) atoms. The number of nitrogens with two attached hydrogens (primary N) is 2. The number of benzene rings is 1. The number of amides is 1. The Hall–Kier alpha value is -3.41. The Labute approximate surface area is 210 Å². The molecule has 1 heterocycles. The summed E-state index contributed by atoms with van der Waals surface area (Å²) < 4.78 is 63.4. The van der Waals surface area contributed by atoms with Crippen LogP contribution in [0.2, 0.25) is 0 Å². The molecular formula is C25H28F4N4O4. The third-order valence-electron chi connectivity index (χ3n) is 6.82. The maximum absolute atomic E-state index is 15.2. The fraction of sp³-hybridized carbons (Fsp3) is 0.480. The minimum Gasteiger partial charge on any atom is -0.459 e. The van der Waals surface area contributed by atoms with Gasteiger partial charge >= 0.3 is 12.1 Å². The van der Waals surface area contributed by atoms with Crippen molar-refractivity contribution in [2.75, 3.05) is 11.9 Å². The lowest BCUT2D eigenvalue weighted by Crippen LogP contribution is -2.35. The van der Waals surface area contributed by atoms with E-state index < -0.39 is 63.9 Å². The second-order valence-electron chi connectivity index (χ2n) is 10.3. The van der Waals surface area contributed by atoms with Crippen LogP contribution in [-0.4, -0.2) is 40.9 Å². The van der Waals surface area contributed by atoms with Gasteiger partial charge in [0.25, 0.3) is 5.91 Å². The van der Waals surface area contributed by atoms with Crippen LogP contribution in [0.1, 0.15) is 71.5 Å². The molecule has 2 aliphatic carbocycles. The first-order valence-electron chi connectivity index (χ1n) is 11.9. The molecule has 4 rings (SSSR count). The molecule has 0 radical (unpaired) electrons. The molecule has 0 aliphatic heterocycles. The van der Waals surface area contributed by atoms with E-state index in [0.717, 1.165) is 16.8 Å². The standard InChI is InChI=1S/C25H28F4N4O4/c1-24(2)8-17-21(18(34)9-24)13(25(27,28)29)11-33(17)12-6-14(26)22(23(31)36)16(7-12)32-15-4-3-5-19(15)37-20(35)10-30/h6-7,11,15,19,32H,3-5,8-10,30H2,1-2H3,(H2,31,36)/t15-,19-/m0/s1. The summed E-state index contributed by atoms with van der Waals surface area (Å²) in [7, 11) is 0. The van der Waals surface area contributed by atoms with Crippen LogP contribution in [-0.2, 0) is 22.1 Å². The molecule has 1 aromatic heterocycles. The van der Waals surface area contributed by atoms with Crippen molar-refractivity contribution in [1.82, 2.24) is 4.57 Å². The predicted molar refractivity (Wildman–Crippen MR) is 126 cm³/mol. The molecule has 2 aromatic rings. The average Bonchev–Trinajstić information content (AvgIpc) is 3.36. The van der Waals surface area contributed by atoms with E-state index in [1.165, 1.54) is 6.07 Å². The van der Waals surface area contributed by atoms with Crippen LogP contribution in [0.5, 0.6) is 0 Å². The van der Waals surface area contributed by atoms with E-state index in [9.17, 15) is 27.6 Å². The van der Waals surface area contributed by atoms with Crippen molar-refractivity contribution in [2.24, 2.45) is 16.9 Å². The summed E-state index contributed by atoms with van der Waals surface area (Å²) in [5.41, 5.74) is 8.17. The molecule has 5 N–H and O–H groups in total. The van der Waals surface area contributed by atoms with Gasteiger partial charge in [0.05, 0.1) is 40.7 Å². The Balaban J connectivity index is 1.83. The predicted octanol–water partition coefficient (Wildman–Crippen LogP) is 3.72. The molecule has 1 aromatic carbocycles. The number of nitrogens with one attached hydrogen (secondary N) is 1. The van der Waals surface area contributed by atoms with Crippen LogP contribution in [0.3, 0.4) is 0 Å². The average molecular weight is 525 g/mol. The minimum absolute atomic E-state index is 0.0178. The highest BCUT2D eigenvalue weighted by atomic mass is 19.4. The highest BCUT2D eigenvalue weighted by Crippen LogP contribution is 2.43. The van der Waals surface area contributed by atoms with Crippen LogP contribution in [0.4, 0.5) is 23.2 Å². The van der Waals surface area contributed by atoms with Gasteiger partial charge in [-0.25, -0.2) is 4.39 Å². The van der Waals surface area contributed by atoms with Gasteiger partial charge in [-0.05, 0) is 43.2 Å². The van der Waals surface area contributed by atoms with Crippen LogP contribution in [0.25, 0.3) is 5.69 Å². The van der Waals surface area contributed by atoms with Crippen molar-refractivity contribution in [3.63, 3.8) is 0 Å². The number of ketones is 1. The van der Waals surface area contributed by atoms with Crippen molar-refractivity contribution < 1.29 is 36.7 Å². The monoisotopic (exact) mass is 524 g/mol. The molecule has 2 atom stereocenters. The maximum atomic E-state index is 15.2. The molecule has 200 valence electrons. The second kappa shape index (κ2) is 9.47. The van der Waals surface area contributed by atoms with Gasteiger partial charge in [-0.3, -0.25) is 14.4 Å². The summed E-state index contributed by atoms with van der Waals surface area (Å²) in [5, 5.41) is 3.00. The van der Waals surface area contributed by atoms with Crippen LogP contribution < -0.4 is 16.8 Å². The number of esters is 1. The molecule has 1 saturated carbocycles. The number of carbonyl (C=O) groups excluding carboxylic acids is 3. The fourth-order valence-electron chi connectivity index (χ4n) is 5.26. The number of primary amides is 1. The van der Waals surface area contributed by atoms with Crippen LogP contribution >= 0.6 is 0 Å². The van der Waals surface area contributed by atoms with E-state index >= 15 is 4.39 Å². The van der Waals surface area contributed by atoms with Crippen molar-refractivity contribution in [3.8, 4) is 5.69 Å². The summed E-state index contributed by atoms with van der Waals surface area (Å²) >= 11 is 0. The number of hydrogen-bond donors (Lipinski definition) is 3. The largest absolute Gasteiger partial charge is 0.459 e. The first kappa shape index (κ1) is 26.6. The van der Waals surface area contributed by atoms with Gasteiger partial charge in [-0.1, -0.05) is 13.8 Å². The minimum atomic E-state index is -4.80. The highest BCUT2D eigenvalue weighted by Gasteiger charge is 2.44. The quantitative estimate of drug-likeness (QED) is 0.390. The number of nitrogens with zero attached hydrogens (tertiary/aromatic N) is 1. The van der Waals surface area contributed by atoms with Gasteiger partial charge in [0.1, 0.15) is 11.9 Å². The lowest BCUT2D eigenvalue weighted by atomic mass is 9.75. The number of fused-ring (bicyclic) bond motifs is 1.